The number of unbranched alkanes of at least 4 members (excludes halogenated alkanes) is 1. The Bertz CT molecular complexity index is 1340. The van der Waals surface area contributed by atoms with Gasteiger partial charge in [0.15, 0.2) is 0 Å². The summed E-state index contributed by atoms with van der Waals surface area (Å²) in [4.78, 5) is 20.7. The summed E-state index contributed by atoms with van der Waals surface area (Å²) >= 11 is 3.63. The van der Waals surface area contributed by atoms with Gasteiger partial charge in [0, 0.05) is 24.1 Å². The van der Waals surface area contributed by atoms with Gasteiger partial charge in [0.2, 0.25) is 0 Å². The normalized spacial score (nSPS) is 20.6. The van der Waals surface area contributed by atoms with E-state index in [0.717, 1.165) is 47.4 Å². The number of fused-ring (bicyclic) bond motifs is 5. The van der Waals surface area contributed by atoms with E-state index in [1.165, 1.54) is 62.4 Å². The zero-order valence-electron chi connectivity index (χ0n) is 25.5. The molecule has 0 aliphatic carbocycles. The number of piperidine rings is 1. The van der Waals surface area contributed by atoms with Crippen molar-refractivity contribution < 1.29 is 0 Å². The summed E-state index contributed by atoms with van der Waals surface area (Å²) in [5, 5.41) is 4.08. The van der Waals surface area contributed by atoms with Gasteiger partial charge in [0.05, 0.1) is 22.0 Å². The zero-order valence-corrected chi connectivity index (χ0v) is 27.1. The molecule has 1 unspecified atom stereocenters. The first-order valence-corrected chi connectivity index (χ1v) is 16.6. The van der Waals surface area contributed by atoms with E-state index in [9.17, 15) is 4.79 Å². The fourth-order valence-corrected chi connectivity index (χ4v) is 7.37. The number of likely N-dealkylation sites (tertiary alicyclic amines) is 1. The molecule has 0 radical (unpaired) electrons. The molecular weight excluding hydrogens is 560 g/mol. The highest BCUT2D eigenvalue weighted by Crippen LogP contribution is 2.49. The second-order valence-corrected chi connectivity index (χ2v) is 12.0. The summed E-state index contributed by atoms with van der Waals surface area (Å²) in [6, 6.07) is 13.3. The number of rotatable bonds is 7. The fraction of sp³-hybridized carbons (Fsp3) is 0.588. The number of hydrogen-bond acceptors (Lipinski definition) is 4. The summed E-state index contributed by atoms with van der Waals surface area (Å²) in [5.41, 5.74) is 4.65. The second-order valence-electron chi connectivity index (χ2n) is 11.1. The van der Waals surface area contributed by atoms with Gasteiger partial charge in [-0.3, -0.25) is 9.36 Å². The summed E-state index contributed by atoms with van der Waals surface area (Å²) in [6.07, 6.45) is 6.65. The third-order valence-corrected chi connectivity index (χ3v) is 9.73. The van der Waals surface area contributed by atoms with E-state index in [4.69, 9.17) is 4.98 Å². The van der Waals surface area contributed by atoms with Crippen LogP contribution in [0.25, 0.3) is 16.6 Å². The molecule has 4 heterocycles. The van der Waals surface area contributed by atoms with Crippen LogP contribution in [-0.4, -0.2) is 47.2 Å². The van der Waals surface area contributed by atoms with E-state index in [0.29, 0.717) is 11.3 Å². The molecule has 6 rings (SSSR count). The van der Waals surface area contributed by atoms with Crippen LogP contribution < -0.4 is 10.9 Å². The van der Waals surface area contributed by atoms with Gasteiger partial charge in [-0.05, 0) is 95.9 Å². The SMILES string of the molecule is CC.CC.CCCCC1(CC)c2ccc(C3CCN(CC4CNC4)CC3)cc2-n2c1nc(=O)c1c(Br)cccc12. The van der Waals surface area contributed by atoms with Crippen LogP contribution in [0, 0.1) is 5.92 Å². The highest BCUT2D eigenvalue weighted by atomic mass is 79.9. The average Bonchev–Trinajstić information content (AvgIpc) is 3.25. The zero-order chi connectivity index (χ0) is 28.9. The molecule has 0 amide bonds. The third kappa shape index (κ3) is 5.56. The number of nitrogens with zero attached hydrogens (tertiary/aromatic N) is 3. The average molecular weight is 610 g/mol. The van der Waals surface area contributed by atoms with Crippen molar-refractivity contribution in [2.24, 2.45) is 5.92 Å². The van der Waals surface area contributed by atoms with Gasteiger partial charge in [-0.2, -0.15) is 4.98 Å². The van der Waals surface area contributed by atoms with Crippen molar-refractivity contribution in [3.63, 3.8) is 0 Å². The molecule has 1 atom stereocenters. The molecule has 0 spiro atoms. The molecule has 2 aromatic carbocycles. The van der Waals surface area contributed by atoms with E-state index in [2.05, 4.69) is 68.8 Å². The minimum absolute atomic E-state index is 0.125. The highest BCUT2D eigenvalue weighted by Gasteiger charge is 2.44. The van der Waals surface area contributed by atoms with Gasteiger partial charge in [-0.1, -0.05) is 72.6 Å². The van der Waals surface area contributed by atoms with Crippen LogP contribution in [-0.2, 0) is 5.41 Å². The number of benzene rings is 2. The Morgan fingerprint density at radius 1 is 1.05 bits per heavy atom. The molecule has 3 aliphatic rings. The monoisotopic (exact) mass is 608 g/mol. The standard InChI is InChI=1S/C30H37BrN4O.2C2H6/c1-3-5-13-30(4-2)23-10-9-22(21-11-14-34(15-12-21)19-20-17-32-18-20)16-26(23)35-25-8-6-7-24(31)27(25)28(36)33-29(30)35;2*1-2/h6-10,16,20-21,32H,3-5,11-15,17-19H2,1-2H3;2*1-2H3. The molecule has 1 aromatic heterocycles. The van der Waals surface area contributed by atoms with Gasteiger partial charge in [-0.15, -0.1) is 0 Å². The third-order valence-electron chi connectivity index (χ3n) is 9.07. The van der Waals surface area contributed by atoms with Gasteiger partial charge >= 0.3 is 0 Å². The molecule has 3 aromatic rings. The smallest absolute Gasteiger partial charge is 0.281 e. The second kappa shape index (κ2) is 13.8. The van der Waals surface area contributed by atoms with E-state index < -0.39 is 0 Å². The van der Waals surface area contributed by atoms with Gasteiger partial charge in [0.1, 0.15) is 5.82 Å². The van der Waals surface area contributed by atoms with E-state index in [-0.39, 0.29) is 11.0 Å². The first-order valence-electron chi connectivity index (χ1n) is 15.9. The predicted molar refractivity (Wildman–Crippen MR) is 173 cm³/mol. The maximum atomic E-state index is 13.3. The minimum atomic E-state index is -0.209. The topological polar surface area (TPSA) is 50.2 Å². The van der Waals surface area contributed by atoms with E-state index in [1.54, 1.807) is 0 Å². The van der Waals surface area contributed by atoms with Gasteiger partial charge in [0.25, 0.3) is 5.56 Å². The Morgan fingerprint density at radius 2 is 1.77 bits per heavy atom. The fourth-order valence-electron chi connectivity index (χ4n) is 6.85. The molecule has 0 bridgehead atoms. The van der Waals surface area contributed by atoms with Crippen molar-refractivity contribution in [3.05, 3.63) is 68.2 Å². The quantitative estimate of drug-likeness (QED) is 0.297. The minimum Gasteiger partial charge on any atom is -0.316 e. The molecule has 218 valence electrons. The van der Waals surface area contributed by atoms with Gasteiger partial charge in [-0.25, -0.2) is 0 Å². The van der Waals surface area contributed by atoms with Crippen LogP contribution in [0.5, 0.6) is 0 Å². The number of halogens is 1. The summed E-state index contributed by atoms with van der Waals surface area (Å²) in [7, 11) is 0. The van der Waals surface area contributed by atoms with Crippen LogP contribution in [0.1, 0.15) is 103 Å². The lowest BCUT2D eigenvalue weighted by atomic mass is 9.74. The molecule has 6 heteroatoms. The maximum Gasteiger partial charge on any atom is 0.281 e. The molecular formula is C34H49BrN4O. The predicted octanol–water partition coefficient (Wildman–Crippen LogP) is 7.80. The Hall–Kier alpha value is -2.02. The van der Waals surface area contributed by atoms with E-state index >= 15 is 0 Å². The summed E-state index contributed by atoms with van der Waals surface area (Å²) < 4.78 is 3.14. The van der Waals surface area contributed by atoms with Crippen molar-refractivity contribution in [1.82, 2.24) is 19.8 Å². The Labute approximate surface area is 249 Å². The first kappa shape index (κ1) is 30.9. The summed E-state index contributed by atoms with van der Waals surface area (Å²) in [5.74, 6) is 2.36. The Kier molecular flexibility index (Phi) is 10.6. The van der Waals surface area contributed by atoms with Crippen molar-refractivity contribution in [2.45, 2.75) is 91.4 Å². The van der Waals surface area contributed by atoms with Crippen molar-refractivity contribution in [2.75, 3.05) is 32.7 Å². The lowest BCUT2D eigenvalue weighted by Crippen LogP contribution is -2.49. The molecule has 40 heavy (non-hydrogen) atoms. The van der Waals surface area contributed by atoms with Crippen molar-refractivity contribution in [3.8, 4) is 5.69 Å². The molecule has 3 aliphatic heterocycles. The molecule has 5 nitrogen and oxygen atoms in total. The van der Waals surface area contributed by atoms with Crippen LogP contribution >= 0.6 is 15.9 Å². The lowest BCUT2D eigenvalue weighted by molar-refractivity contribution is 0.158. The van der Waals surface area contributed by atoms with Crippen LogP contribution in [0.4, 0.5) is 0 Å². The van der Waals surface area contributed by atoms with Crippen molar-refractivity contribution >= 4 is 26.8 Å². The largest absolute Gasteiger partial charge is 0.316 e. The number of aromatic nitrogens is 2. The van der Waals surface area contributed by atoms with Gasteiger partial charge < -0.3 is 10.2 Å². The molecule has 1 N–H and O–H groups in total. The Balaban J connectivity index is 0.000000886. The molecule has 0 saturated carbocycles. The number of hydrogen-bond donors (Lipinski definition) is 1. The maximum absolute atomic E-state index is 13.3. The lowest BCUT2D eigenvalue weighted by Gasteiger charge is -2.37. The summed E-state index contributed by atoms with van der Waals surface area (Å²) in [6.45, 7) is 18.5. The van der Waals surface area contributed by atoms with Crippen LogP contribution in [0.15, 0.2) is 45.7 Å². The Morgan fingerprint density at radius 3 is 2.40 bits per heavy atom. The van der Waals surface area contributed by atoms with E-state index in [1.807, 2.05) is 39.8 Å². The highest BCUT2D eigenvalue weighted by molar-refractivity contribution is 9.10. The van der Waals surface area contributed by atoms with Crippen LogP contribution in [0.2, 0.25) is 0 Å². The first-order chi connectivity index (χ1) is 19.6. The van der Waals surface area contributed by atoms with Crippen LogP contribution in [0.3, 0.4) is 0 Å². The molecule has 2 saturated heterocycles. The van der Waals surface area contributed by atoms with Crippen molar-refractivity contribution in [1.29, 1.82) is 0 Å². The number of nitrogens with one attached hydrogen (secondary N) is 1. The molecule has 2 fully saturated rings.